The topological polar surface area (TPSA) is 13.1 Å². The van der Waals surface area contributed by atoms with Crippen LogP contribution < -0.4 is 0 Å². The first-order valence-electron chi connectivity index (χ1n) is 43.5. The molecule has 0 radical (unpaired) electrons. The molecule has 1 heteroatoms. The van der Waals surface area contributed by atoms with E-state index >= 15 is 0 Å². The van der Waals surface area contributed by atoms with Crippen LogP contribution in [0.3, 0.4) is 0 Å². The van der Waals surface area contributed by atoms with Crippen molar-refractivity contribution in [3.63, 3.8) is 0 Å². The van der Waals surface area contributed by atoms with Crippen LogP contribution in [0, 0.1) is 5.41 Å². The van der Waals surface area contributed by atoms with Crippen molar-refractivity contribution in [1.82, 2.24) is 0 Å². The largest absolute Gasteiger partial charge is 0.456 e. The molecule has 0 saturated heterocycles. The minimum absolute atomic E-state index is 0.0767. The highest BCUT2D eigenvalue weighted by atomic mass is 16.3. The van der Waals surface area contributed by atoms with Gasteiger partial charge in [0.05, 0.1) is 0 Å². The molecule has 1 aromatic heterocycles. The molecule has 0 N–H and O–H groups in total. The van der Waals surface area contributed by atoms with Gasteiger partial charge in [-0.3, -0.25) is 0 Å². The Labute approximate surface area is 652 Å². The number of benzene rings is 11. The van der Waals surface area contributed by atoms with Gasteiger partial charge in [0, 0.05) is 21.6 Å². The van der Waals surface area contributed by atoms with Gasteiger partial charge in [0.1, 0.15) is 11.2 Å². The molecule has 12 aromatic rings. The Kier molecular flexibility index (Phi) is 19.6. The molecule has 1 nitrogen and oxygen atoms in total. The Morgan fingerprint density at radius 2 is 0.523 bits per heavy atom. The van der Waals surface area contributed by atoms with Crippen LogP contribution in [-0.4, -0.2) is 0 Å². The first-order valence-corrected chi connectivity index (χ1v) is 43.5. The van der Waals surface area contributed by atoms with E-state index in [9.17, 15) is 0 Å². The average molecular weight is 1430 g/mol. The summed E-state index contributed by atoms with van der Waals surface area (Å²) < 4.78 is 6.97. The maximum Gasteiger partial charge on any atom is 0.136 e. The highest BCUT2D eigenvalue weighted by Crippen LogP contribution is 2.62. The Morgan fingerprint density at radius 1 is 0.248 bits per heavy atom. The van der Waals surface area contributed by atoms with E-state index in [4.69, 9.17) is 4.42 Å². The van der Waals surface area contributed by atoms with Crippen LogP contribution in [0.2, 0.25) is 0 Å². The Balaban J connectivity index is 0.557. The number of fused-ring (bicyclic) bond motifs is 15. The lowest BCUT2D eigenvalue weighted by Gasteiger charge is -2.54. The molecule has 8 aliphatic rings. The highest BCUT2D eigenvalue weighted by molar-refractivity contribution is 6.07. The summed E-state index contributed by atoms with van der Waals surface area (Å²) in [6.07, 6.45) is 41.1. The zero-order valence-electron chi connectivity index (χ0n) is 66.3. The fourth-order valence-corrected chi connectivity index (χ4v) is 22.7. The molecule has 0 atom stereocenters. The first kappa shape index (κ1) is 71.8. The number of unbranched alkanes of at least 4 members (excludes halogenated alkanes) is 13. The van der Waals surface area contributed by atoms with E-state index < -0.39 is 0 Å². The lowest BCUT2D eigenvalue weighted by atomic mass is 9.50. The zero-order chi connectivity index (χ0) is 73.8. The van der Waals surface area contributed by atoms with Gasteiger partial charge in [-0.25, -0.2) is 0 Å². The van der Waals surface area contributed by atoms with Crippen molar-refractivity contribution in [3.8, 4) is 89.0 Å². The minimum Gasteiger partial charge on any atom is -0.456 e. The monoisotopic (exact) mass is 1430 g/mol. The molecule has 6 saturated carbocycles. The summed E-state index contributed by atoms with van der Waals surface area (Å²) in [6, 6.07) is 93.2. The van der Waals surface area contributed by atoms with E-state index in [0.29, 0.717) is 10.8 Å². The third kappa shape index (κ3) is 13.2. The third-order valence-corrected chi connectivity index (χ3v) is 29.8. The second-order valence-corrected chi connectivity index (χ2v) is 36.1. The molecule has 109 heavy (non-hydrogen) atoms. The molecule has 0 unspecified atom stereocenters. The summed E-state index contributed by atoms with van der Waals surface area (Å²) in [6.45, 7) is 11.9. The van der Waals surface area contributed by atoms with Crippen molar-refractivity contribution >= 4 is 21.9 Å². The standard InChI is InChI=1S/C108H116O/c1-6-9-12-15-17-23-56-108(57-24-18-16-13-10-7-2)99-72-84(83-38-50-92-91-49-37-82(76-25-20-19-21-26-76)70-97(91)103(4,5)98(92)71-83)39-51-93(99)94-52-40-85(73-100(94)108)87-42-54-96-95-53-41-86(74-101(95)109-102(96)75-87)81-35-47-90(48-36-81)107-67-64-106(65-68-107,66-69-107)89-45-33-80(34-46-89)78-29-27-77(28-30-78)79-31-43-88(44-32-79)105-61-58-104(59-62-105,60-63-105)55-22-14-11-8-3/h19-21,25-54,70-75H,6-18,22-24,55-69H2,1-5H3. The Morgan fingerprint density at radius 3 is 0.927 bits per heavy atom. The SMILES string of the molecule is CCCCCCCCC1(CCCCCCCC)c2cc(-c3ccc4c(c3)C(C)(C)c3cc(-c5ccccc5)ccc3-4)ccc2-c2ccc(-c3ccc4c(c3)oc3cc(-c5ccc(C67CCC(c8ccc(-c9ccc(-c%10ccc(C%11%12CCC(CCCCCC)(CC%11)CC%12)cc%10)cc9)cc8)(CC6)CC7)cc5)ccc34)cc21. The summed E-state index contributed by atoms with van der Waals surface area (Å²) >= 11 is 0. The predicted molar refractivity (Wildman–Crippen MR) is 464 cm³/mol. The van der Waals surface area contributed by atoms with Crippen LogP contribution in [0.5, 0.6) is 0 Å². The predicted octanol–water partition coefficient (Wildman–Crippen LogP) is 31.8. The molecule has 554 valence electrons. The molecule has 1 heterocycles. The van der Waals surface area contributed by atoms with Crippen molar-refractivity contribution in [3.05, 3.63) is 276 Å². The molecule has 8 aliphatic carbocycles. The number of furan rings is 1. The Bertz CT molecular complexity index is 5180. The van der Waals surface area contributed by atoms with E-state index in [-0.39, 0.29) is 21.7 Å². The van der Waals surface area contributed by atoms with Crippen molar-refractivity contribution in [2.24, 2.45) is 5.41 Å². The average Bonchev–Trinajstić information content (AvgIpc) is 1.69. The van der Waals surface area contributed by atoms with Gasteiger partial charge in [0.15, 0.2) is 0 Å². The van der Waals surface area contributed by atoms with Crippen LogP contribution >= 0.6 is 0 Å². The van der Waals surface area contributed by atoms with E-state index in [1.54, 1.807) is 16.7 Å². The van der Waals surface area contributed by atoms with Crippen molar-refractivity contribution in [2.45, 2.75) is 261 Å². The van der Waals surface area contributed by atoms with Crippen LogP contribution in [-0.2, 0) is 27.1 Å². The highest BCUT2D eigenvalue weighted by Gasteiger charge is 2.51. The van der Waals surface area contributed by atoms with Gasteiger partial charge in [-0.15, -0.1) is 0 Å². The molecule has 20 rings (SSSR count). The summed E-state index contributed by atoms with van der Waals surface area (Å²) in [5, 5.41) is 2.36. The van der Waals surface area contributed by atoms with Gasteiger partial charge < -0.3 is 4.42 Å². The molecular weight excluding hydrogens is 1310 g/mol. The number of hydrogen-bond acceptors (Lipinski definition) is 1. The lowest BCUT2D eigenvalue weighted by Crippen LogP contribution is -2.46. The summed E-state index contributed by atoms with van der Waals surface area (Å²) in [5.74, 6) is 0. The summed E-state index contributed by atoms with van der Waals surface area (Å²) in [5.41, 5.74) is 35.0. The van der Waals surface area contributed by atoms with Gasteiger partial charge in [-0.1, -0.05) is 325 Å². The maximum absolute atomic E-state index is 6.97. The normalized spacial score (nSPS) is 21.1. The minimum atomic E-state index is -0.121. The molecule has 0 aliphatic heterocycles. The van der Waals surface area contributed by atoms with Crippen LogP contribution in [0.1, 0.15) is 273 Å². The van der Waals surface area contributed by atoms with Gasteiger partial charge in [0.25, 0.3) is 0 Å². The van der Waals surface area contributed by atoms with Crippen molar-refractivity contribution in [1.29, 1.82) is 0 Å². The molecule has 0 amide bonds. The Hall–Kier alpha value is -8.78. The summed E-state index contributed by atoms with van der Waals surface area (Å²) in [4.78, 5) is 0. The van der Waals surface area contributed by atoms with Crippen LogP contribution in [0.15, 0.2) is 241 Å². The summed E-state index contributed by atoms with van der Waals surface area (Å²) in [7, 11) is 0. The van der Waals surface area contributed by atoms with Crippen LogP contribution in [0.4, 0.5) is 0 Å². The molecule has 11 aromatic carbocycles. The molecule has 6 fully saturated rings. The molecule has 4 bridgehead atoms. The first-order chi connectivity index (χ1) is 53.4. The molecule has 0 spiro atoms. The number of hydrogen-bond donors (Lipinski definition) is 0. The molecular formula is C108H116O. The second-order valence-electron chi connectivity index (χ2n) is 36.1. The lowest BCUT2D eigenvalue weighted by molar-refractivity contribution is 0.0305. The third-order valence-electron chi connectivity index (χ3n) is 29.8. The van der Waals surface area contributed by atoms with E-state index in [2.05, 4.69) is 271 Å². The van der Waals surface area contributed by atoms with Gasteiger partial charge in [-0.05, 0) is 294 Å². The number of rotatable bonds is 28. The quantitative estimate of drug-likeness (QED) is 0.0446. The van der Waals surface area contributed by atoms with Gasteiger partial charge >= 0.3 is 0 Å². The van der Waals surface area contributed by atoms with Crippen molar-refractivity contribution < 1.29 is 4.42 Å². The van der Waals surface area contributed by atoms with E-state index in [1.165, 1.54) is 321 Å². The second kappa shape index (κ2) is 29.8. The van der Waals surface area contributed by atoms with E-state index in [1.807, 2.05) is 0 Å². The van der Waals surface area contributed by atoms with E-state index in [0.717, 1.165) is 11.2 Å². The smallest absolute Gasteiger partial charge is 0.136 e. The van der Waals surface area contributed by atoms with Crippen LogP contribution in [0.25, 0.3) is 111 Å². The fourth-order valence-electron chi connectivity index (χ4n) is 22.7. The van der Waals surface area contributed by atoms with Gasteiger partial charge in [0.2, 0.25) is 0 Å². The van der Waals surface area contributed by atoms with Gasteiger partial charge in [-0.2, -0.15) is 0 Å². The zero-order valence-corrected chi connectivity index (χ0v) is 66.3. The van der Waals surface area contributed by atoms with Crippen molar-refractivity contribution in [2.75, 3.05) is 0 Å². The maximum atomic E-state index is 6.97. The fraction of sp³-hybridized carbons (Fsp3) is 0.389.